The first-order valence-corrected chi connectivity index (χ1v) is 7.68. The molecule has 2 rings (SSSR count). The Kier molecular flexibility index (Phi) is 5.74. The van der Waals surface area contributed by atoms with Gasteiger partial charge in [-0.2, -0.15) is 11.3 Å². The van der Waals surface area contributed by atoms with Crippen LogP contribution in [0.1, 0.15) is 0 Å². The van der Waals surface area contributed by atoms with E-state index in [1.54, 1.807) is 30.6 Å². The molecule has 0 bridgehead atoms. The second kappa shape index (κ2) is 7.77. The first kappa shape index (κ1) is 16.3. The number of ether oxygens (including phenoxy) is 2. The van der Waals surface area contributed by atoms with Crippen LogP contribution in [0.3, 0.4) is 0 Å². The molecule has 0 aliphatic rings. The van der Waals surface area contributed by atoms with E-state index in [-0.39, 0.29) is 11.8 Å². The lowest BCUT2D eigenvalue weighted by Crippen LogP contribution is -2.34. The number of benzene rings is 1. The van der Waals surface area contributed by atoms with Crippen molar-refractivity contribution in [1.82, 2.24) is 0 Å². The van der Waals surface area contributed by atoms with Crippen LogP contribution in [-0.2, 0) is 4.74 Å². The summed E-state index contributed by atoms with van der Waals surface area (Å²) in [5.74, 6) is 0.467. The third kappa shape index (κ3) is 4.44. The number of anilines is 1. The highest BCUT2D eigenvalue weighted by molar-refractivity contribution is 7.08. The molecule has 1 aromatic carbocycles. The third-order valence-electron chi connectivity index (χ3n) is 3.22. The van der Waals surface area contributed by atoms with Gasteiger partial charge in [0.1, 0.15) is 18.5 Å². The van der Waals surface area contributed by atoms with Gasteiger partial charge in [-0.3, -0.25) is 10.1 Å². The molecule has 0 aliphatic heterocycles. The van der Waals surface area contributed by atoms with Crippen molar-refractivity contribution < 1.29 is 14.4 Å². The zero-order valence-electron chi connectivity index (χ0n) is 12.5. The molecule has 0 saturated heterocycles. The molecule has 0 saturated carbocycles. The second-order valence-electron chi connectivity index (χ2n) is 4.79. The lowest BCUT2D eigenvalue weighted by Gasteiger charge is -2.24. The van der Waals surface area contributed by atoms with Crippen LogP contribution in [0, 0.1) is 10.1 Å². The van der Waals surface area contributed by atoms with Crippen LogP contribution in [0.25, 0.3) is 0 Å². The van der Waals surface area contributed by atoms with Crippen molar-refractivity contribution in [2.45, 2.75) is 6.10 Å². The predicted molar refractivity (Wildman–Crippen MR) is 87.0 cm³/mol. The Morgan fingerprint density at radius 1 is 1.41 bits per heavy atom. The fourth-order valence-corrected chi connectivity index (χ4v) is 2.65. The minimum Gasteiger partial charge on any atom is -0.491 e. The Morgan fingerprint density at radius 3 is 2.86 bits per heavy atom. The van der Waals surface area contributed by atoms with E-state index in [1.807, 2.05) is 18.5 Å². The quantitative estimate of drug-likeness (QED) is 0.551. The van der Waals surface area contributed by atoms with Gasteiger partial charge in [0.15, 0.2) is 0 Å². The summed E-state index contributed by atoms with van der Waals surface area (Å²) in [6, 6.07) is 8.19. The molecule has 6 nitrogen and oxygen atoms in total. The van der Waals surface area contributed by atoms with Crippen LogP contribution in [0.4, 0.5) is 11.4 Å². The Labute approximate surface area is 133 Å². The minimum absolute atomic E-state index is 0.0156. The van der Waals surface area contributed by atoms with E-state index >= 15 is 0 Å². The van der Waals surface area contributed by atoms with Gasteiger partial charge in [-0.15, -0.1) is 0 Å². The van der Waals surface area contributed by atoms with Crippen molar-refractivity contribution >= 4 is 22.7 Å². The molecule has 0 spiro atoms. The molecule has 0 radical (unpaired) electrons. The number of hydrogen-bond donors (Lipinski definition) is 0. The van der Waals surface area contributed by atoms with Crippen LogP contribution in [0.5, 0.6) is 5.75 Å². The van der Waals surface area contributed by atoms with Crippen LogP contribution in [-0.4, -0.2) is 38.3 Å². The summed E-state index contributed by atoms with van der Waals surface area (Å²) < 4.78 is 11.0. The fourth-order valence-electron chi connectivity index (χ4n) is 1.96. The molecule has 0 N–H and O–H groups in total. The van der Waals surface area contributed by atoms with E-state index in [4.69, 9.17) is 9.47 Å². The normalized spacial score (nSPS) is 11.9. The number of likely N-dealkylation sites (N-methyl/N-ethyl adjacent to an activating group) is 1. The van der Waals surface area contributed by atoms with Gasteiger partial charge < -0.3 is 14.4 Å². The van der Waals surface area contributed by atoms with Gasteiger partial charge in [0.2, 0.25) is 0 Å². The van der Waals surface area contributed by atoms with Crippen molar-refractivity contribution in [3.8, 4) is 5.75 Å². The summed E-state index contributed by atoms with van der Waals surface area (Å²) in [5, 5.41) is 14.8. The topological polar surface area (TPSA) is 64.8 Å². The van der Waals surface area contributed by atoms with Crippen molar-refractivity contribution in [1.29, 1.82) is 0 Å². The summed E-state index contributed by atoms with van der Waals surface area (Å²) in [5.41, 5.74) is 1.14. The molecule has 2 aromatic rings. The molecule has 118 valence electrons. The second-order valence-corrected chi connectivity index (χ2v) is 5.57. The molecular formula is C15H18N2O4S. The average molecular weight is 322 g/mol. The van der Waals surface area contributed by atoms with Crippen LogP contribution in [0.2, 0.25) is 0 Å². The fraction of sp³-hybridized carbons (Fsp3) is 0.333. The smallest absolute Gasteiger partial charge is 0.273 e. The van der Waals surface area contributed by atoms with Gasteiger partial charge in [0, 0.05) is 37.8 Å². The van der Waals surface area contributed by atoms with Gasteiger partial charge in [0.25, 0.3) is 5.69 Å². The Hall–Kier alpha value is -2.12. The monoisotopic (exact) mass is 322 g/mol. The molecule has 22 heavy (non-hydrogen) atoms. The lowest BCUT2D eigenvalue weighted by atomic mass is 10.3. The van der Waals surface area contributed by atoms with Gasteiger partial charge in [-0.1, -0.05) is 6.07 Å². The molecule has 1 heterocycles. The maximum Gasteiger partial charge on any atom is 0.273 e. The largest absolute Gasteiger partial charge is 0.491 e. The van der Waals surface area contributed by atoms with Gasteiger partial charge >= 0.3 is 0 Å². The minimum atomic E-state index is -0.439. The number of nitro benzene ring substituents is 1. The van der Waals surface area contributed by atoms with Gasteiger partial charge in [-0.05, 0) is 17.5 Å². The maximum atomic E-state index is 10.7. The van der Waals surface area contributed by atoms with E-state index < -0.39 is 4.92 Å². The maximum absolute atomic E-state index is 10.7. The van der Waals surface area contributed by atoms with Gasteiger partial charge in [-0.25, -0.2) is 0 Å². The number of hydrogen-bond acceptors (Lipinski definition) is 6. The SMILES string of the molecule is COC(COc1cccc([N+](=O)[O-])c1)CN(C)c1ccsc1. The molecule has 1 aromatic heterocycles. The van der Waals surface area contributed by atoms with E-state index in [0.29, 0.717) is 18.9 Å². The zero-order chi connectivity index (χ0) is 15.9. The average Bonchev–Trinajstić information content (AvgIpc) is 3.06. The number of thiophene rings is 1. The number of nitrogens with zero attached hydrogens (tertiary/aromatic N) is 2. The molecule has 7 heteroatoms. The summed E-state index contributed by atoms with van der Waals surface area (Å²) in [6.07, 6.45) is -0.135. The summed E-state index contributed by atoms with van der Waals surface area (Å²) in [7, 11) is 3.62. The standard InChI is InChI=1S/C15H18N2O4S/c1-16(13-6-7-22-11-13)9-15(20-2)10-21-14-5-3-4-12(8-14)17(18)19/h3-8,11,15H,9-10H2,1-2H3. The van der Waals surface area contributed by atoms with E-state index in [1.165, 1.54) is 12.1 Å². The highest BCUT2D eigenvalue weighted by Gasteiger charge is 2.14. The van der Waals surface area contributed by atoms with E-state index in [9.17, 15) is 10.1 Å². The molecule has 0 fully saturated rings. The van der Waals surface area contributed by atoms with Crippen molar-refractivity contribution in [2.75, 3.05) is 32.2 Å². The first-order chi connectivity index (χ1) is 10.6. The highest BCUT2D eigenvalue weighted by Crippen LogP contribution is 2.20. The molecule has 1 atom stereocenters. The van der Waals surface area contributed by atoms with Crippen molar-refractivity contribution in [3.05, 3.63) is 51.2 Å². The molecule has 0 aliphatic carbocycles. The number of nitro groups is 1. The molecular weight excluding hydrogens is 304 g/mol. The predicted octanol–water partition coefficient (Wildman–Crippen LogP) is 3.19. The summed E-state index contributed by atoms with van der Waals surface area (Å²) in [6.45, 7) is 0.994. The van der Waals surface area contributed by atoms with E-state index in [2.05, 4.69) is 10.3 Å². The van der Waals surface area contributed by atoms with Crippen LogP contribution < -0.4 is 9.64 Å². The Balaban J connectivity index is 1.90. The molecule has 1 unspecified atom stereocenters. The number of non-ortho nitro benzene ring substituents is 1. The molecule has 0 amide bonds. The zero-order valence-corrected chi connectivity index (χ0v) is 13.3. The van der Waals surface area contributed by atoms with Crippen LogP contribution >= 0.6 is 11.3 Å². The third-order valence-corrected chi connectivity index (χ3v) is 3.89. The highest BCUT2D eigenvalue weighted by atomic mass is 32.1. The number of methoxy groups -OCH3 is 1. The van der Waals surface area contributed by atoms with Crippen LogP contribution in [0.15, 0.2) is 41.1 Å². The van der Waals surface area contributed by atoms with Crippen molar-refractivity contribution in [2.24, 2.45) is 0 Å². The van der Waals surface area contributed by atoms with Crippen molar-refractivity contribution in [3.63, 3.8) is 0 Å². The summed E-state index contributed by atoms with van der Waals surface area (Å²) >= 11 is 1.64. The van der Waals surface area contributed by atoms with Gasteiger partial charge in [0.05, 0.1) is 11.0 Å². The number of rotatable bonds is 8. The summed E-state index contributed by atoms with van der Waals surface area (Å²) in [4.78, 5) is 12.4. The van der Waals surface area contributed by atoms with E-state index in [0.717, 1.165) is 5.69 Å². The Bertz CT molecular complexity index is 603. The lowest BCUT2D eigenvalue weighted by molar-refractivity contribution is -0.384. The Morgan fingerprint density at radius 2 is 2.23 bits per heavy atom. The first-order valence-electron chi connectivity index (χ1n) is 6.73.